The van der Waals surface area contributed by atoms with Crippen molar-refractivity contribution in [3.8, 4) is 0 Å². The van der Waals surface area contributed by atoms with Crippen molar-refractivity contribution in [3.05, 3.63) is 18.3 Å². The van der Waals surface area contributed by atoms with E-state index in [9.17, 15) is 8.42 Å². The van der Waals surface area contributed by atoms with E-state index in [1.165, 1.54) is 6.20 Å². The maximum absolute atomic E-state index is 12.7. The number of nitrogens with zero attached hydrogens (tertiary/aromatic N) is 2. The average Bonchev–Trinajstić information content (AvgIpc) is 2.55. The zero-order valence-electron chi connectivity index (χ0n) is 13.1. The smallest absolute Gasteiger partial charge is 0.243 e. The number of hydrogen-bond acceptors (Lipinski definition) is 4. The molecule has 0 unspecified atom stereocenters. The molecule has 0 radical (unpaired) electrons. The van der Waals surface area contributed by atoms with Gasteiger partial charge in [-0.2, -0.15) is 4.31 Å². The molecule has 1 aliphatic rings. The molecule has 0 spiro atoms. The summed E-state index contributed by atoms with van der Waals surface area (Å²) in [6.07, 6.45) is 5.67. The highest BCUT2D eigenvalue weighted by molar-refractivity contribution is 7.89. The van der Waals surface area contributed by atoms with Crippen LogP contribution in [0.2, 0.25) is 0 Å². The van der Waals surface area contributed by atoms with Gasteiger partial charge in [0.1, 0.15) is 5.82 Å². The first-order valence-electron chi connectivity index (χ1n) is 7.61. The van der Waals surface area contributed by atoms with Crippen LogP contribution in [0.25, 0.3) is 0 Å². The van der Waals surface area contributed by atoms with Crippen molar-refractivity contribution in [1.29, 1.82) is 0 Å². The van der Waals surface area contributed by atoms with Gasteiger partial charge in [0.15, 0.2) is 0 Å². The van der Waals surface area contributed by atoms with Gasteiger partial charge in [0.05, 0.1) is 4.90 Å². The van der Waals surface area contributed by atoms with E-state index in [0.717, 1.165) is 25.7 Å². The van der Waals surface area contributed by atoms with E-state index in [1.807, 2.05) is 0 Å². The molecule has 1 aromatic heterocycles. The molecule has 1 saturated heterocycles. The summed E-state index contributed by atoms with van der Waals surface area (Å²) in [6, 6.07) is 3.16. The lowest BCUT2D eigenvalue weighted by molar-refractivity contribution is 0.141. The molecule has 2 heterocycles. The number of pyridine rings is 1. The van der Waals surface area contributed by atoms with Crippen LogP contribution >= 0.6 is 0 Å². The number of piperidine rings is 1. The summed E-state index contributed by atoms with van der Waals surface area (Å²) < 4.78 is 27.0. The van der Waals surface area contributed by atoms with Crippen LogP contribution in [-0.4, -0.2) is 37.8 Å². The molecule has 1 aromatic rings. The van der Waals surface area contributed by atoms with E-state index in [-0.39, 0.29) is 0 Å². The Morgan fingerprint density at radius 1 is 1.29 bits per heavy atom. The minimum Gasteiger partial charge on any atom is -0.373 e. The van der Waals surface area contributed by atoms with Gasteiger partial charge >= 0.3 is 0 Å². The normalized spacial score (nSPS) is 19.4. The number of sulfonamides is 1. The maximum atomic E-state index is 12.7. The lowest BCUT2D eigenvalue weighted by Crippen LogP contribution is -2.42. The lowest BCUT2D eigenvalue weighted by atomic mass is 9.75. The standard InChI is InChI=1S/C15H25N3O2S/c1-4-15(5-2)7-10-18(11-8-15)21(19,20)13-6-9-17-14(12-13)16-3/h6,9,12H,4-5,7-8,10-11H2,1-3H3,(H,16,17). The fraction of sp³-hybridized carbons (Fsp3) is 0.667. The molecule has 2 rings (SSSR count). The van der Waals surface area contributed by atoms with Crippen molar-refractivity contribution >= 4 is 15.8 Å². The Labute approximate surface area is 127 Å². The zero-order chi connectivity index (χ0) is 15.5. The molecule has 21 heavy (non-hydrogen) atoms. The van der Waals surface area contributed by atoms with Crippen LogP contribution in [0.4, 0.5) is 5.82 Å². The zero-order valence-corrected chi connectivity index (χ0v) is 13.9. The summed E-state index contributed by atoms with van der Waals surface area (Å²) >= 11 is 0. The minimum atomic E-state index is -3.41. The van der Waals surface area contributed by atoms with Gasteiger partial charge in [0.25, 0.3) is 0 Å². The number of rotatable bonds is 5. The van der Waals surface area contributed by atoms with E-state index < -0.39 is 10.0 Å². The van der Waals surface area contributed by atoms with Crippen molar-refractivity contribution in [2.75, 3.05) is 25.5 Å². The van der Waals surface area contributed by atoms with E-state index in [1.54, 1.807) is 23.5 Å². The molecule has 1 N–H and O–H groups in total. The Balaban J connectivity index is 2.18. The largest absolute Gasteiger partial charge is 0.373 e. The molecular formula is C15H25N3O2S. The summed E-state index contributed by atoms with van der Waals surface area (Å²) in [5, 5.41) is 2.88. The predicted molar refractivity (Wildman–Crippen MR) is 84.8 cm³/mol. The summed E-state index contributed by atoms with van der Waals surface area (Å²) in [6.45, 7) is 5.63. The highest BCUT2D eigenvalue weighted by atomic mass is 32.2. The molecule has 1 fully saturated rings. The SMILES string of the molecule is CCC1(CC)CCN(S(=O)(=O)c2ccnc(NC)c2)CC1. The minimum absolute atomic E-state index is 0.320. The average molecular weight is 311 g/mol. The third-order valence-electron chi connectivity index (χ3n) is 4.91. The van der Waals surface area contributed by atoms with Gasteiger partial charge in [0, 0.05) is 32.4 Å². The van der Waals surface area contributed by atoms with Crippen LogP contribution in [-0.2, 0) is 10.0 Å². The second-order valence-corrected chi connectivity index (χ2v) is 7.68. The quantitative estimate of drug-likeness (QED) is 0.908. The molecule has 118 valence electrons. The van der Waals surface area contributed by atoms with Crippen molar-refractivity contribution in [1.82, 2.24) is 9.29 Å². The Hall–Kier alpha value is -1.14. The Morgan fingerprint density at radius 2 is 1.90 bits per heavy atom. The van der Waals surface area contributed by atoms with Crippen LogP contribution < -0.4 is 5.32 Å². The molecule has 0 amide bonds. The monoisotopic (exact) mass is 311 g/mol. The number of aromatic nitrogens is 1. The Bertz CT molecular complexity index is 572. The summed E-state index contributed by atoms with van der Waals surface area (Å²) in [7, 11) is -1.68. The molecular weight excluding hydrogens is 286 g/mol. The van der Waals surface area contributed by atoms with Crippen molar-refractivity contribution in [2.45, 2.75) is 44.4 Å². The topological polar surface area (TPSA) is 62.3 Å². The third-order valence-corrected chi connectivity index (χ3v) is 6.80. The van der Waals surface area contributed by atoms with Crippen LogP contribution in [0.15, 0.2) is 23.2 Å². The van der Waals surface area contributed by atoms with Crippen molar-refractivity contribution < 1.29 is 8.42 Å². The highest BCUT2D eigenvalue weighted by Crippen LogP contribution is 2.39. The molecule has 0 aromatic carbocycles. The first-order valence-corrected chi connectivity index (χ1v) is 9.05. The molecule has 5 nitrogen and oxygen atoms in total. The van der Waals surface area contributed by atoms with Crippen LogP contribution in [0.3, 0.4) is 0 Å². The van der Waals surface area contributed by atoms with E-state index >= 15 is 0 Å². The summed E-state index contributed by atoms with van der Waals surface area (Å²) in [5.41, 5.74) is 0.320. The number of anilines is 1. The number of hydrogen-bond donors (Lipinski definition) is 1. The van der Waals surface area contributed by atoms with Gasteiger partial charge in [-0.3, -0.25) is 0 Å². The summed E-state index contributed by atoms with van der Waals surface area (Å²) in [5.74, 6) is 0.574. The molecule has 0 bridgehead atoms. The van der Waals surface area contributed by atoms with E-state index in [4.69, 9.17) is 0 Å². The lowest BCUT2D eigenvalue weighted by Gasteiger charge is -2.40. The van der Waals surface area contributed by atoms with Gasteiger partial charge in [0.2, 0.25) is 10.0 Å². The third kappa shape index (κ3) is 3.21. The van der Waals surface area contributed by atoms with Crippen LogP contribution in [0, 0.1) is 5.41 Å². The van der Waals surface area contributed by atoms with Crippen LogP contribution in [0.1, 0.15) is 39.5 Å². The van der Waals surface area contributed by atoms with Crippen molar-refractivity contribution in [3.63, 3.8) is 0 Å². The van der Waals surface area contributed by atoms with Gasteiger partial charge in [-0.15, -0.1) is 0 Å². The number of nitrogens with one attached hydrogen (secondary N) is 1. The first-order chi connectivity index (χ1) is 9.97. The van der Waals surface area contributed by atoms with Gasteiger partial charge < -0.3 is 5.32 Å². The van der Waals surface area contributed by atoms with E-state index in [0.29, 0.717) is 29.2 Å². The van der Waals surface area contributed by atoms with Gasteiger partial charge in [-0.1, -0.05) is 26.7 Å². The fourth-order valence-electron chi connectivity index (χ4n) is 3.02. The Kier molecular flexibility index (Phi) is 4.88. The summed E-state index contributed by atoms with van der Waals surface area (Å²) in [4.78, 5) is 4.39. The highest BCUT2D eigenvalue weighted by Gasteiger charge is 2.36. The predicted octanol–water partition coefficient (Wildman–Crippen LogP) is 2.71. The second kappa shape index (κ2) is 6.32. The fourth-order valence-corrected chi connectivity index (χ4v) is 4.47. The van der Waals surface area contributed by atoms with Gasteiger partial charge in [-0.05, 0) is 24.3 Å². The second-order valence-electron chi connectivity index (χ2n) is 5.74. The Morgan fingerprint density at radius 3 is 2.43 bits per heavy atom. The molecule has 6 heteroatoms. The van der Waals surface area contributed by atoms with E-state index in [2.05, 4.69) is 24.1 Å². The van der Waals surface area contributed by atoms with Gasteiger partial charge in [-0.25, -0.2) is 13.4 Å². The molecule has 0 atom stereocenters. The van der Waals surface area contributed by atoms with Crippen molar-refractivity contribution in [2.24, 2.45) is 5.41 Å². The van der Waals surface area contributed by atoms with Crippen LogP contribution in [0.5, 0.6) is 0 Å². The first kappa shape index (κ1) is 16.2. The molecule has 1 aliphatic heterocycles. The molecule has 0 aliphatic carbocycles. The maximum Gasteiger partial charge on any atom is 0.243 e. The molecule has 0 saturated carbocycles.